The summed E-state index contributed by atoms with van der Waals surface area (Å²) in [7, 11) is 0. The number of thioether (sulfide) groups is 1. The summed E-state index contributed by atoms with van der Waals surface area (Å²) in [5, 5.41) is 14.0. The van der Waals surface area contributed by atoms with Crippen LogP contribution in [-0.4, -0.2) is 12.0 Å². The highest BCUT2D eigenvalue weighted by molar-refractivity contribution is 9.10. The number of hydrogen-bond acceptors (Lipinski definition) is 4. The average molecular weight is 403 g/mol. The van der Waals surface area contributed by atoms with Crippen LogP contribution in [0.1, 0.15) is 38.2 Å². The number of nitrogens with one attached hydrogen (secondary N) is 1. The molecule has 2 aliphatic rings. The highest BCUT2D eigenvalue weighted by Crippen LogP contribution is 2.47. The van der Waals surface area contributed by atoms with E-state index in [1.165, 1.54) is 11.8 Å². The molecule has 0 bridgehead atoms. The zero-order valence-corrected chi connectivity index (χ0v) is 16.3. The largest absolute Gasteiger partial charge is 0.352 e. The molecule has 1 heterocycles. The molecule has 3 rings (SSSR count). The van der Waals surface area contributed by atoms with E-state index in [-0.39, 0.29) is 17.1 Å². The second kappa shape index (κ2) is 6.42. The van der Waals surface area contributed by atoms with Gasteiger partial charge in [0.15, 0.2) is 5.78 Å². The summed E-state index contributed by atoms with van der Waals surface area (Å²) >= 11 is 4.98. The standard InChI is InChI=1S/C19H19BrN2OS/c1-19(2)8-14-17(15(23)9-19)16(11-4-6-12(20)7-5-11)13(10-21)18(22-14)24-3/h4-7,16,22H,8-9H2,1-3H3/t16-/m1/s1. The number of carbonyl (C=O) groups is 1. The molecule has 0 radical (unpaired) electrons. The Morgan fingerprint density at radius 1 is 1.29 bits per heavy atom. The Hall–Kier alpha value is -1.51. The van der Waals surface area contributed by atoms with Crippen molar-refractivity contribution < 1.29 is 4.79 Å². The first kappa shape index (κ1) is 17.3. The number of Topliss-reactive ketones (excluding diaryl/α,β-unsaturated/α-hetero) is 1. The maximum absolute atomic E-state index is 12.9. The van der Waals surface area contributed by atoms with Crippen LogP contribution >= 0.6 is 27.7 Å². The van der Waals surface area contributed by atoms with E-state index < -0.39 is 0 Å². The second-order valence-electron chi connectivity index (χ2n) is 7.00. The summed E-state index contributed by atoms with van der Waals surface area (Å²) < 4.78 is 0.984. The fourth-order valence-electron chi connectivity index (χ4n) is 3.53. The molecular formula is C19H19BrN2OS. The maximum Gasteiger partial charge on any atom is 0.162 e. The van der Waals surface area contributed by atoms with Crippen LogP contribution in [0.3, 0.4) is 0 Å². The van der Waals surface area contributed by atoms with Gasteiger partial charge in [-0.15, -0.1) is 11.8 Å². The van der Waals surface area contributed by atoms with Gasteiger partial charge in [0.05, 0.1) is 22.6 Å². The lowest BCUT2D eigenvalue weighted by Crippen LogP contribution is -2.36. The van der Waals surface area contributed by atoms with Crippen molar-refractivity contribution in [3.05, 3.63) is 56.2 Å². The van der Waals surface area contributed by atoms with Crippen molar-refractivity contribution in [3.8, 4) is 6.07 Å². The molecular weight excluding hydrogens is 384 g/mol. The molecule has 24 heavy (non-hydrogen) atoms. The van der Waals surface area contributed by atoms with E-state index in [4.69, 9.17) is 0 Å². The number of nitriles is 1. The number of allylic oxidation sites excluding steroid dienone is 3. The van der Waals surface area contributed by atoms with E-state index in [1.807, 2.05) is 30.5 Å². The van der Waals surface area contributed by atoms with E-state index in [9.17, 15) is 10.1 Å². The highest BCUT2D eigenvalue weighted by Gasteiger charge is 2.41. The Kier molecular flexibility index (Phi) is 4.63. The molecule has 3 nitrogen and oxygen atoms in total. The van der Waals surface area contributed by atoms with Gasteiger partial charge in [-0.3, -0.25) is 4.79 Å². The predicted octanol–water partition coefficient (Wildman–Crippen LogP) is 4.88. The zero-order valence-electron chi connectivity index (χ0n) is 13.9. The third-order valence-electron chi connectivity index (χ3n) is 4.53. The first-order valence-electron chi connectivity index (χ1n) is 7.83. The molecule has 5 heteroatoms. The van der Waals surface area contributed by atoms with Gasteiger partial charge >= 0.3 is 0 Å². The Balaban J connectivity index is 2.19. The monoisotopic (exact) mass is 402 g/mol. The average Bonchev–Trinajstić information content (AvgIpc) is 2.52. The lowest BCUT2D eigenvalue weighted by Gasteiger charge is -2.38. The summed E-state index contributed by atoms with van der Waals surface area (Å²) in [6.07, 6.45) is 3.30. The van der Waals surface area contributed by atoms with Crippen LogP contribution in [0.4, 0.5) is 0 Å². The van der Waals surface area contributed by atoms with Crippen LogP contribution in [0, 0.1) is 16.7 Å². The third kappa shape index (κ3) is 3.05. The van der Waals surface area contributed by atoms with Gasteiger partial charge in [-0.25, -0.2) is 0 Å². The van der Waals surface area contributed by atoms with Crippen molar-refractivity contribution in [1.82, 2.24) is 5.32 Å². The predicted molar refractivity (Wildman–Crippen MR) is 101 cm³/mol. The molecule has 0 amide bonds. The maximum atomic E-state index is 12.9. The minimum absolute atomic E-state index is 0.0547. The van der Waals surface area contributed by atoms with Gasteiger partial charge < -0.3 is 5.32 Å². The first-order chi connectivity index (χ1) is 11.4. The SMILES string of the molecule is CSC1=C(C#N)[C@@H](c2ccc(Br)cc2)C2=C(CC(C)(C)CC2=O)N1. The van der Waals surface area contributed by atoms with Gasteiger partial charge in [-0.2, -0.15) is 5.26 Å². The third-order valence-corrected chi connectivity index (χ3v) is 5.79. The van der Waals surface area contributed by atoms with Crippen molar-refractivity contribution in [2.75, 3.05) is 6.26 Å². The summed E-state index contributed by atoms with van der Waals surface area (Å²) in [6.45, 7) is 4.24. The van der Waals surface area contributed by atoms with E-state index in [0.717, 1.165) is 32.8 Å². The molecule has 0 spiro atoms. The number of rotatable bonds is 2. The van der Waals surface area contributed by atoms with Crippen molar-refractivity contribution in [1.29, 1.82) is 5.26 Å². The smallest absolute Gasteiger partial charge is 0.162 e. The molecule has 124 valence electrons. The normalized spacial score (nSPS) is 22.8. The van der Waals surface area contributed by atoms with Crippen LogP contribution in [0.25, 0.3) is 0 Å². The van der Waals surface area contributed by atoms with Gasteiger partial charge in [-0.1, -0.05) is 41.9 Å². The fourth-order valence-corrected chi connectivity index (χ4v) is 4.40. The van der Waals surface area contributed by atoms with Crippen molar-refractivity contribution >= 4 is 33.5 Å². The summed E-state index contributed by atoms with van der Waals surface area (Å²) in [6, 6.07) is 10.2. The van der Waals surface area contributed by atoms with Crippen LogP contribution in [-0.2, 0) is 4.79 Å². The van der Waals surface area contributed by atoms with Gasteiger partial charge in [0.2, 0.25) is 0 Å². The Labute approximate surface area is 155 Å². The molecule has 1 aromatic rings. The molecule has 1 aromatic carbocycles. The Morgan fingerprint density at radius 2 is 1.96 bits per heavy atom. The van der Waals surface area contributed by atoms with Gasteiger partial charge in [0, 0.05) is 22.2 Å². The lowest BCUT2D eigenvalue weighted by molar-refractivity contribution is -0.118. The highest BCUT2D eigenvalue weighted by atomic mass is 79.9. The topological polar surface area (TPSA) is 52.9 Å². The summed E-state index contributed by atoms with van der Waals surface area (Å²) in [5.74, 6) is -0.125. The van der Waals surface area contributed by atoms with Crippen molar-refractivity contribution in [2.24, 2.45) is 5.41 Å². The minimum atomic E-state index is -0.273. The number of halogens is 1. The van der Waals surface area contributed by atoms with Gasteiger partial charge in [0.25, 0.3) is 0 Å². The number of ketones is 1. The van der Waals surface area contributed by atoms with Gasteiger partial charge in [0.1, 0.15) is 0 Å². The first-order valence-corrected chi connectivity index (χ1v) is 9.85. The van der Waals surface area contributed by atoms with E-state index in [0.29, 0.717) is 12.0 Å². The number of nitrogens with zero attached hydrogens (tertiary/aromatic N) is 1. The van der Waals surface area contributed by atoms with Crippen LogP contribution in [0.15, 0.2) is 50.6 Å². The molecule has 0 unspecified atom stereocenters. The molecule has 0 saturated carbocycles. The minimum Gasteiger partial charge on any atom is -0.352 e. The van der Waals surface area contributed by atoms with E-state index in [2.05, 4.69) is 41.2 Å². The molecule has 1 aliphatic carbocycles. The molecule has 0 aromatic heterocycles. The van der Waals surface area contributed by atoms with Crippen LogP contribution in [0.2, 0.25) is 0 Å². The Morgan fingerprint density at radius 3 is 2.54 bits per heavy atom. The van der Waals surface area contributed by atoms with Crippen LogP contribution < -0.4 is 5.32 Å². The molecule has 1 atom stereocenters. The van der Waals surface area contributed by atoms with Crippen LogP contribution in [0.5, 0.6) is 0 Å². The summed E-state index contributed by atoms with van der Waals surface area (Å²) in [5.41, 5.74) is 3.32. The molecule has 1 N–H and O–H groups in total. The fraction of sp³-hybridized carbons (Fsp3) is 0.368. The second-order valence-corrected chi connectivity index (χ2v) is 8.73. The molecule has 1 aliphatic heterocycles. The number of hydrogen-bond donors (Lipinski definition) is 1. The number of benzene rings is 1. The van der Waals surface area contributed by atoms with Crippen molar-refractivity contribution in [2.45, 2.75) is 32.6 Å². The molecule has 0 saturated heterocycles. The van der Waals surface area contributed by atoms with Gasteiger partial charge in [-0.05, 0) is 35.8 Å². The van der Waals surface area contributed by atoms with E-state index >= 15 is 0 Å². The van der Waals surface area contributed by atoms with E-state index in [1.54, 1.807) is 0 Å². The number of dihydropyridines is 1. The lowest BCUT2D eigenvalue weighted by atomic mass is 9.69. The number of carbonyl (C=O) groups excluding carboxylic acids is 1. The summed E-state index contributed by atoms with van der Waals surface area (Å²) in [4.78, 5) is 12.9. The zero-order chi connectivity index (χ0) is 17.5. The van der Waals surface area contributed by atoms with Crippen molar-refractivity contribution in [3.63, 3.8) is 0 Å². The quantitative estimate of drug-likeness (QED) is 0.765. The molecule has 0 fully saturated rings. The Bertz CT molecular complexity index is 800.